The Balaban J connectivity index is 1.72. The molecule has 2 fully saturated rings. The smallest absolute Gasteiger partial charge is 0.255 e. The van der Waals surface area contributed by atoms with Gasteiger partial charge in [-0.05, 0) is 6.92 Å². The van der Waals surface area contributed by atoms with Crippen LogP contribution in [0, 0.1) is 0 Å². The van der Waals surface area contributed by atoms with Gasteiger partial charge in [0.25, 0.3) is 5.88 Å². The SMILES string of the molecule is C[C@@H]1O[C@H](CO)[C@H](O)[C@H](O)[C@H]1n1cc(O[C@@H]2O[C@H](CO)[C@H](O)[C@H](O)[C@H]2O)nn1. The highest BCUT2D eigenvalue weighted by Crippen LogP contribution is 2.30. The van der Waals surface area contributed by atoms with Gasteiger partial charge >= 0.3 is 0 Å². The molecule has 0 saturated carbocycles. The van der Waals surface area contributed by atoms with Crippen molar-refractivity contribution in [2.45, 2.75) is 68.1 Å². The highest BCUT2D eigenvalue weighted by molar-refractivity contribution is 5.05. The van der Waals surface area contributed by atoms with E-state index in [0.29, 0.717) is 0 Å². The Morgan fingerprint density at radius 2 is 1.54 bits per heavy atom. The van der Waals surface area contributed by atoms with Gasteiger partial charge < -0.3 is 50.0 Å². The number of aromatic nitrogens is 3. The van der Waals surface area contributed by atoms with E-state index in [1.54, 1.807) is 6.92 Å². The van der Waals surface area contributed by atoms with Crippen molar-refractivity contribution in [3.05, 3.63) is 6.20 Å². The molecule has 0 aromatic carbocycles. The number of aliphatic hydroxyl groups excluding tert-OH is 7. The number of aliphatic hydroxyl groups is 7. The molecule has 3 rings (SSSR count). The van der Waals surface area contributed by atoms with E-state index in [0.717, 1.165) is 0 Å². The van der Waals surface area contributed by atoms with Crippen molar-refractivity contribution in [3.8, 4) is 5.88 Å². The molecule has 160 valence electrons. The van der Waals surface area contributed by atoms with E-state index in [9.17, 15) is 35.7 Å². The predicted molar refractivity (Wildman–Crippen MR) is 86.9 cm³/mol. The zero-order valence-corrected chi connectivity index (χ0v) is 15.0. The molecule has 1 aromatic rings. The molecule has 28 heavy (non-hydrogen) atoms. The molecule has 0 bridgehead atoms. The van der Waals surface area contributed by atoms with Crippen LogP contribution in [0.3, 0.4) is 0 Å². The molecule has 0 aliphatic carbocycles. The maximum absolute atomic E-state index is 10.3. The molecule has 2 saturated heterocycles. The quantitative estimate of drug-likeness (QED) is 0.247. The van der Waals surface area contributed by atoms with Crippen LogP contribution >= 0.6 is 0 Å². The molecule has 13 heteroatoms. The molecule has 13 nitrogen and oxygen atoms in total. The first-order valence-corrected chi connectivity index (χ1v) is 8.80. The van der Waals surface area contributed by atoms with Gasteiger partial charge in [0.15, 0.2) is 0 Å². The largest absolute Gasteiger partial charge is 0.443 e. The van der Waals surface area contributed by atoms with Gasteiger partial charge in [-0.15, -0.1) is 0 Å². The second kappa shape index (κ2) is 8.52. The zero-order valence-electron chi connectivity index (χ0n) is 15.0. The van der Waals surface area contributed by atoms with Gasteiger partial charge in [-0.1, -0.05) is 10.3 Å². The summed E-state index contributed by atoms with van der Waals surface area (Å²) in [7, 11) is 0. The van der Waals surface area contributed by atoms with E-state index in [2.05, 4.69) is 10.3 Å². The van der Waals surface area contributed by atoms with Crippen LogP contribution in [0.15, 0.2) is 6.20 Å². The zero-order chi connectivity index (χ0) is 20.6. The Morgan fingerprint density at radius 3 is 2.18 bits per heavy atom. The lowest BCUT2D eigenvalue weighted by Crippen LogP contribution is -2.60. The van der Waals surface area contributed by atoms with Crippen LogP contribution in [0.25, 0.3) is 0 Å². The molecule has 2 aliphatic rings. The lowest BCUT2D eigenvalue weighted by Gasteiger charge is -2.40. The third-order valence-electron chi connectivity index (χ3n) is 5.01. The van der Waals surface area contributed by atoms with E-state index in [1.807, 2.05) is 0 Å². The Hall–Kier alpha value is -1.42. The molecule has 10 atom stereocenters. The molecule has 0 spiro atoms. The number of hydrogen-bond donors (Lipinski definition) is 7. The Labute approximate surface area is 159 Å². The predicted octanol–water partition coefficient (Wildman–Crippen LogP) is -4.50. The summed E-state index contributed by atoms with van der Waals surface area (Å²) in [4.78, 5) is 0. The lowest BCUT2D eigenvalue weighted by atomic mass is 9.94. The van der Waals surface area contributed by atoms with Crippen LogP contribution in [-0.4, -0.2) is 119 Å². The van der Waals surface area contributed by atoms with E-state index < -0.39 is 74.4 Å². The number of hydrogen-bond acceptors (Lipinski definition) is 12. The summed E-state index contributed by atoms with van der Waals surface area (Å²) in [5.74, 6) is -0.137. The topological polar surface area (TPSA) is 200 Å². The van der Waals surface area contributed by atoms with Crippen LogP contribution < -0.4 is 4.74 Å². The summed E-state index contributed by atoms with van der Waals surface area (Å²) in [6.07, 6.45) is -10.3. The molecule has 3 heterocycles. The van der Waals surface area contributed by atoms with Crippen molar-refractivity contribution in [3.63, 3.8) is 0 Å². The first-order valence-electron chi connectivity index (χ1n) is 8.80. The average Bonchev–Trinajstić information content (AvgIpc) is 3.13. The normalized spacial score (nSPS) is 44.4. The van der Waals surface area contributed by atoms with Crippen molar-refractivity contribution in [2.24, 2.45) is 0 Å². The minimum absolute atomic E-state index is 0.137. The van der Waals surface area contributed by atoms with Crippen molar-refractivity contribution in [2.75, 3.05) is 13.2 Å². The first kappa shape index (κ1) is 21.3. The van der Waals surface area contributed by atoms with Gasteiger partial charge in [-0.25, -0.2) is 4.68 Å². The van der Waals surface area contributed by atoms with E-state index >= 15 is 0 Å². The fourth-order valence-corrected chi connectivity index (χ4v) is 3.40. The third-order valence-corrected chi connectivity index (χ3v) is 5.01. The lowest BCUT2D eigenvalue weighted by molar-refractivity contribution is -0.278. The summed E-state index contributed by atoms with van der Waals surface area (Å²) in [5, 5.41) is 75.9. The summed E-state index contributed by atoms with van der Waals surface area (Å²) < 4.78 is 17.3. The van der Waals surface area contributed by atoms with E-state index in [1.165, 1.54) is 10.9 Å². The molecular weight excluding hydrogens is 382 g/mol. The standard InChI is InChI=1S/C15H25N3O10/c1-5-9(12(23)10(21)6(3-19)26-5)18-2-8(16-17-18)28-15-14(25)13(24)11(22)7(4-20)27-15/h2,5-7,9-15,19-25H,3-4H2,1H3/t5-,6+,7+,9-,10-,11-,12+,13-,14+,15-/m0/s1. The van der Waals surface area contributed by atoms with Gasteiger partial charge in [-0.2, -0.15) is 0 Å². The van der Waals surface area contributed by atoms with Crippen molar-refractivity contribution >= 4 is 0 Å². The van der Waals surface area contributed by atoms with Crippen LogP contribution in [0.2, 0.25) is 0 Å². The fraction of sp³-hybridized carbons (Fsp3) is 0.867. The highest BCUT2D eigenvalue weighted by Gasteiger charge is 2.46. The monoisotopic (exact) mass is 407 g/mol. The van der Waals surface area contributed by atoms with Gasteiger partial charge in [0.1, 0.15) is 48.8 Å². The minimum atomic E-state index is -1.61. The second-order valence-corrected chi connectivity index (χ2v) is 6.89. The number of nitrogens with zero attached hydrogens (tertiary/aromatic N) is 3. The molecule has 7 N–H and O–H groups in total. The summed E-state index contributed by atoms with van der Waals surface area (Å²) >= 11 is 0. The number of ether oxygens (including phenoxy) is 3. The van der Waals surface area contributed by atoms with Crippen LogP contribution in [-0.2, 0) is 9.47 Å². The van der Waals surface area contributed by atoms with Crippen LogP contribution in [0.5, 0.6) is 5.88 Å². The van der Waals surface area contributed by atoms with Crippen molar-refractivity contribution < 1.29 is 50.0 Å². The van der Waals surface area contributed by atoms with Crippen LogP contribution in [0.4, 0.5) is 0 Å². The van der Waals surface area contributed by atoms with Crippen molar-refractivity contribution in [1.82, 2.24) is 15.0 Å². The van der Waals surface area contributed by atoms with Gasteiger partial charge in [0, 0.05) is 0 Å². The van der Waals surface area contributed by atoms with Crippen LogP contribution in [0.1, 0.15) is 13.0 Å². The van der Waals surface area contributed by atoms with Gasteiger partial charge in [-0.3, -0.25) is 0 Å². The van der Waals surface area contributed by atoms with Crippen molar-refractivity contribution in [1.29, 1.82) is 0 Å². The second-order valence-electron chi connectivity index (χ2n) is 6.89. The summed E-state index contributed by atoms with van der Waals surface area (Å²) in [5.41, 5.74) is 0. The molecule has 0 amide bonds. The molecule has 0 radical (unpaired) electrons. The molecular formula is C15H25N3O10. The summed E-state index contributed by atoms with van der Waals surface area (Å²) in [6, 6.07) is -0.836. The highest BCUT2D eigenvalue weighted by atomic mass is 16.7. The van der Waals surface area contributed by atoms with E-state index in [4.69, 9.17) is 14.2 Å². The Bertz CT molecular complexity index is 645. The number of rotatable bonds is 5. The maximum atomic E-state index is 10.3. The first-order chi connectivity index (χ1) is 13.3. The Kier molecular flexibility index (Phi) is 6.48. The average molecular weight is 407 g/mol. The maximum Gasteiger partial charge on any atom is 0.255 e. The molecule has 2 aliphatic heterocycles. The Morgan fingerprint density at radius 1 is 0.929 bits per heavy atom. The van der Waals surface area contributed by atoms with Gasteiger partial charge in [0.05, 0.1) is 25.5 Å². The third kappa shape index (κ3) is 3.85. The molecule has 0 unspecified atom stereocenters. The fourth-order valence-electron chi connectivity index (χ4n) is 3.40. The van der Waals surface area contributed by atoms with E-state index in [-0.39, 0.29) is 5.88 Å². The summed E-state index contributed by atoms with van der Waals surface area (Å²) in [6.45, 7) is 0.560. The van der Waals surface area contributed by atoms with Gasteiger partial charge in [0.2, 0.25) is 6.29 Å². The molecule has 1 aromatic heterocycles. The minimum Gasteiger partial charge on any atom is -0.443 e.